The summed E-state index contributed by atoms with van der Waals surface area (Å²) in [6.45, 7) is 1.86. The topological polar surface area (TPSA) is 68.5 Å². The molecule has 6 heteroatoms. The molecule has 1 aliphatic rings. The summed E-state index contributed by atoms with van der Waals surface area (Å²) in [5.74, 6) is 0.688. The van der Waals surface area contributed by atoms with Gasteiger partial charge in [0.2, 0.25) is 0 Å². The summed E-state index contributed by atoms with van der Waals surface area (Å²) in [4.78, 5) is 16.6. The summed E-state index contributed by atoms with van der Waals surface area (Å²) < 4.78 is 5.91. The van der Waals surface area contributed by atoms with Crippen molar-refractivity contribution in [3.63, 3.8) is 0 Å². The second-order valence-electron chi connectivity index (χ2n) is 5.26. The van der Waals surface area contributed by atoms with Crippen LogP contribution in [0.25, 0.3) is 0 Å². The number of nitrogens with zero attached hydrogens (tertiary/aromatic N) is 3. The Morgan fingerprint density at radius 1 is 1.09 bits per heavy atom. The molecule has 114 valence electrons. The summed E-state index contributed by atoms with van der Waals surface area (Å²) >= 11 is 0. The van der Waals surface area contributed by atoms with Crippen molar-refractivity contribution in [3.8, 4) is 5.75 Å². The fraction of sp³-hybridized carbons (Fsp3) is 0.312. The molecule has 1 aliphatic heterocycles. The van der Waals surface area contributed by atoms with E-state index in [9.17, 15) is 10.1 Å². The van der Waals surface area contributed by atoms with Gasteiger partial charge < -0.3 is 9.64 Å². The van der Waals surface area contributed by atoms with E-state index < -0.39 is 4.92 Å². The van der Waals surface area contributed by atoms with Crippen LogP contribution in [-0.2, 0) is 0 Å². The van der Waals surface area contributed by atoms with E-state index in [-0.39, 0.29) is 11.8 Å². The van der Waals surface area contributed by atoms with Crippen LogP contribution in [0.4, 0.5) is 11.4 Å². The number of hydrogen-bond acceptors (Lipinski definition) is 5. The standard InChI is InChI=1S/C16H17N3O3/c20-19(21)14-1-3-15(4-2-14)22-16-7-11-18(12-8-16)13-5-9-17-10-6-13/h1-6,9-10,16H,7-8,11-12H2. The predicted molar refractivity (Wildman–Crippen MR) is 83.2 cm³/mol. The summed E-state index contributed by atoms with van der Waals surface area (Å²) in [7, 11) is 0. The van der Waals surface area contributed by atoms with Crippen molar-refractivity contribution in [2.24, 2.45) is 0 Å². The molecule has 0 amide bonds. The molecule has 0 unspecified atom stereocenters. The third kappa shape index (κ3) is 3.33. The quantitative estimate of drug-likeness (QED) is 0.641. The van der Waals surface area contributed by atoms with Crippen LogP contribution < -0.4 is 9.64 Å². The van der Waals surface area contributed by atoms with E-state index in [1.807, 2.05) is 12.1 Å². The Bertz CT molecular complexity index is 623. The van der Waals surface area contributed by atoms with Crippen LogP contribution in [-0.4, -0.2) is 29.1 Å². The highest BCUT2D eigenvalue weighted by Gasteiger charge is 2.21. The molecular formula is C16H17N3O3. The van der Waals surface area contributed by atoms with Crippen LogP contribution in [0, 0.1) is 10.1 Å². The van der Waals surface area contributed by atoms with Gasteiger partial charge in [0.05, 0.1) is 4.92 Å². The van der Waals surface area contributed by atoms with Crippen LogP contribution in [0.3, 0.4) is 0 Å². The number of anilines is 1. The maximum absolute atomic E-state index is 10.6. The number of piperidine rings is 1. The van der Waals surface area contributed by atoms with Gasteiger partial charge in [0.25, 0.3) is 5.69 Å². The molecule has 6 nitrogen and oxygen atoms in total. The molecule has 0 atom stereocenters. The van der Waals surface area contributed by atoms with Crippen LogP contribution in [0.2, 0.25) is 0 Å². The van der Waals surface area contributed by atoms with Gasteiger partial charge in [0, 0.05) is 56.1 Å². The zero-order valence-electron chi connectivity index (χ0n) is 12.1. The minimum atomic E-state index is -0.406. The molecule has 0 saturated carbocycles. The van der Waals surface area contributed by atoms with Crippen molar-refractivity contribution in [2.75, 3.05) is 18.0 Å². The Labute approximate surface area is 128 Å². The highest BCUT2D eigenvalue weighted by atomic mass is 16.6. The highest BCUT2D eigenvalue weighted by molar-refractivity contribution is 5.45. The average molecular weight is 299 g/mol. The van der Waals surface area contributed by atoms with E-state index in [0.29, 0.717) is 5.75 Å². The number of nitro benzene ring substituents is 1. The van der Waals surface area contributed by atoms with E-state index in [1.54, 1.807) is 24.5 Å². The molecule has 0 spiro atoms. The lowest BCUT2D eigenvalue weighted by Gasteiger charge is -2.33. The van der Waals surface area contributed by atoms with Gasteiger partial charge in [-0.15, -0.1) is 0 Å². The lowest BCUT2D eigenvalue weighted by molar-refractivity contribution is -0.384. The maximum Gasteiger partial charge on any atom is 0.269 e. The molecule has 2 aromatic rings. The Morgan fingerprint density at radius 3 is 2.32 bits per heavy atom. The number of ether oxygens (including phenoxy) is 1. The number of pyridine rings is 1. The fourth-order valence-corrected chi connectivity index (χ4v) is 2.63. The fourth-order valence-electron chi connectivity index (χ4n) is 2.63. The third-order valence-electron chi connectivity index (χ3n) is 3.82. The molecule has 1 fully saturated rings. The lowest BCUT2D eigenvalue weighted by Crippen LogP contribution is -2.38. The average Bonchev–Trinajstić information content (AvgIpc) is 2.57. The highest BCUT2D eigenvalue weighted by Crippen LogP contribution is 2.24. The predicted octanol–water partition coefficient (Wildman–Crippen LogP) is 3.04. The number of aromatic nitrogens is 1. The molecule has 0 bridgehead atoms. The molecule has 0 radical (unpaired) electrons. The number of hydrogen-bond donors (Lipinski definition) is 0. The summed E-state index contributed by atoms with van der Waals surface area (Å²) in [5, 5.41) is 10.6. The Balaban J connectivity index is 1.54. The smallest absolute Gasteiger partial charge is 0.269 e. The van der Waals surface area contributed by atoms with Gasteiger partial charge in [0.1, 0.15) is 11.9 Å². The maximum atomic E-state index is 10.6. The van der Waals surface area contributed by atoms with Gasteiger partial charge in [-0.3, -0.25) is 15.1 Å². The van der Waals surface area contributed by atoms with Crippen molar-refractivity contribution in [3.05, 3.63) is 58.9 Å². The zero-order chi connectivity index (χ0) is 15.4. The molecule has 22 heavy (non-hydrogen) atoms. The first-order valence-corrected chi connectivity index (χ1v) is 7.28. The number of nitro groups is 1. The summed E-state index contributed by atoms with van der Waals surface area (Å²) in [6.07, 6.45) is 5.61. The second-order valence-corrected chi connectivity index (χ2v) is 5.26. The molecular weight excluding hydrogens is 282 g/mol. The van der Waals surface area contributed by atoms with Crippen LogP contribution in [0.1, 0.15) is 12.8 Å². The third-order valence-corrected chi connectivity index (χ3v) is 3.82. The van der Waals surface area contributed by atoms with E-state index in [0.717, 1.165) is 25.9 Å². The van der Waals surface area contributed by atoms with Crippen LogP contribution in [0.5, 0.6) is 5.75 Å². The van der Waals surface area contributed by atoms with Gasteiger partial charge in [-0.2, -0.15) is 0 Å². The SMILES string of the molecule is O=[N+]([O-])c1ccc(OC2CCN(c3ccncc3)CC2)cc1. The molecule has 1 aromatic heterocycles. The molecule has 1 saturated heterocycles. The first kappa shape index (κ1) is 14.3. The Morgan fingerprint density at radius 2 is 1.73 bits per heavy atom. The monoisotopic (exact) mass is 299 g/mol. The summed E-state index contributed by atoms with van der Waals surface area (Å²) in [5.41, 5.74) is 1.27. The van der Waals surface area contributed by atoms with Crippen molar-refractivity contribution < 1.29 is 9.66 Å². The minimum Gasteiger partial charge on any atom is -0.490 e. The number of non-ortho nitro benzene ring substituents is 1. The minimum absolute atomic E-state index is 0.0832. The molecule has 0 aliphatic carbocycles. The van der Waals surface area contributed by atoms with Crippen molar-refractivity contribution in [1.29, 1.82) is 0 Å². The molecule has 3 rings (SSSR count). The van der Waals surface area contributed by atoms with Gasteiger partial charge >= 0.3 is 0 Å². The van der Waals surface area contributed by atoms with E-state index in [4.69, 9.17) is 4.74 Å². The molecule has 0 N–H and O–H groups in total. The Kier molecular flexibility index (Phi) is 4.18. The van der Waals surface area contributed by atoms with E-state index in [1.165, 1.54) is 17.8 Å². The lowest BCUT2D eigenvalue weighted by atomic mass is 10.1. The number of rotatable bonds is 4. The van der Waals surface area contributed by atoms with Crippen LogP contribution >= 0.6 is 0 Å². The van der Waals surface area contributed by atoms with Crippen molar-refractivity contribution in [1.82, 2.24) is 4.98 Å². The van der Waals surface area contributed by atoms with Crippen molar-refractivity contribution >= 4 is 11.4 Å². The van der Waals surface area contributed by atoms with Gasteiger partial charge in [-0.05, 0) is 24.3 Å². The number of benzene rings is 1. The molecule has 2 heterocycles. The van der Waals surface area contributed by atoms with Gasteiger partial charge in [-0.1, -0.05) is 0 Å². The van der Waals surface area contributed by atoms with E-state index >= 15 is 0 Å². The largest absolute Gasteiger partial charge is 0.490 e. The van der Waals surface area contributed by atoms with E-state index in [2.05, 4.69) is 9.88 Å². The van der Waals surface area contributed by atoms with Crippen molar-refractivity contribution in [2.45, 2.75) is 18.9 Å². The first-order chi connectivity index (χ1) is 10.7. The van der Waals surface area contributed by atoms with Gasteiger partial charge in [-0.25, -0.2) is 0 Å². The first-order valence-electron chi connectivity index (χ1n) is 7.28. The van der Waals surface area contributed by atoms with Gasteiger partial charge in [0.15, 0.2) is 0 Å². The Hall–Kier alpha value is -2.63. The summed E-state index contributed by atoms with van der Waals surface area (Å²) in [6, 6.07) is 10.3. The normalized spacial score (nSPS) is 15.5. The zero-order valence-corrected chi connectivity index (χ0v) is 12.1. The van der Waals surface area contributed by atoms with Crippen LogP contribution in [0.15, 0.2) is 48.8 Å². The molecule has 1 aromatic carbocycles. The second kappa shape index (κ2) is 6.43.